The molecule has 7 heteroatoms. The number of aliphatic carboxylic acids is 1. The monoisotopic (exact) mass is 573 g/mol. The second-order valence-corrected chi connectivity index (χ2v) is 12.0. The third kappa shape index (κ3) is 5.10. The summed E-state index contributed by atoms with van der Waals surface area (Å²) in [5, 5.41) is 24.4. The van der Waals surface area contributed by atoms with Crippen LogP contribution in [0, 0.1) is 12.3 Å². The van der Waals surface area contributed by atoms with E-state index in [4.69, 9.17) is 19.9 Å². The largest absolute Gasteiger partial charge is 0.493 e. The standard InChI is InChI=1S/C36H35N3O4/c1-20-16-24-17-22(23-7-10-28(38-5)25(18-23)19-37)6-8-26(24)32(30(20)34(35(40)41)43-36(2,3)4)27-9-11-29-31-21(13-15-42-29)12-14-39-33(27)31/h6-12,14,16-19,34,37-38H,13,15H2,1-5H3,(H,40,41). The molecular weight excluding hydrogens is 538 g/mol. The molecule has 0 saturated heterocycles. The maximum atomic E-state index is 12.8. The molecule has 0 amide bonds. The van der Waals surface area contributed by atoms with Gasteiger partial charge in [0.25, 0.3) is 0 Å². The van der Waals surface area contributed by atoms with E-state index < -0.39 is 17.7 Å². The molecule has 5 aromatic rings. The Morgan fingerprint density at radius 2 is 1.86 bits per heavy atom. The molecule has 218 valence electrons. The van der Waals surface area contributed by atoms with E-state index in [2.05, 4.69) is 23.5 Å². The third-order valence-electron chi connectivity index (χ3n) is 7.99. The van der Waals surface area contributed by atoms with Crippen molar-refractivity contribution in [2.24, 2.45) is 0 Å². The summed E-state index contributed by atoms with van der Waals surface area (Å²) < 4.78 is 12.2. The number of ether oxygens (including phenoxy) is 2. The second kappa shape index (κ2) is 10.8. The van der Waals surface area contributed by atoms with Gasteiger partial charge in [-0.05, 0) is 103 Å². The molecule has 3 N–H and O–H groups in total. The Morgan fingerprint density at radius 1 is 1.09 bits per heavy atom. The summed E-state index contributed by atoms with van der Waals surface area (Å²) in [7, 11) is 1.84. The number of nitrogens with one attached hydrogen (secondary N) is 2. The van der Waals surface area contributed by atoms with Gasteiger partial charge in [0.05, 0.1) is 17.7 Å². The molecule has 0 fully saturated rings. The van der Waals surface area contributed by atoms with Crippen molar-refractivity contribution >= 4 is 39.5 Å². The smallest absolute Gasteiger partial charge is 0.337 e. The highest BCUT2D eigenvalue weighted by molar-refractivity contribution is 6.09. The van der Waals surface area contributed by atoms with Gasteiger partial charge in [0.1, 0.15) is 5.75 Å². The van der Waals surface area contributed by atoms with Crippen LogP contribution in [0.3, 0.4) is 0 Å². The lowest BCUT2D eigenvalue weighted by Gasteiger charge is -2.29. The third-order valence-corrected chi connectivity index (χ3v) is 7.99. The van der Waals surface area contributed by atoms with E-state index in [1.165, 1.54) is 11.8 Å². The summed E-state index contributed by atoms with van der Waals surface area (Å²) in [6, 6.07) is 20.3. The maximum Gasteiger partial charge on any atom is 0.337 e. The minimum atomic E-state index is -1.19. The molecule has 1 unspecified atom stereocenters. The van der Waals surface area contributed by atoms with Gasteiger partial charge in [0.15, 0.2) is 6.10 Å². The molecule has 1 aliphatic rings. The number of carboxylic acids is 1. The predicted molar refractivity (Wildman–Crippen MR) is 173 cm³/mol. The maximum absolute atomic E-state index is 12.8. The Morgan fingerprint density at radius 3 is 2.58 bits per heavy atom. The normalized spacial score (nSPS) is 13.5. The number of aromatic nitrogens is 1. The number of pyridine rings is 1. The van der Waals surface area contributed by atoms with E-state index in [-0.39, 0.29) is 0 Å². The van der Waals surface area contributed by atoms with Crippen LogP contribution in [-0.4, -0.2) is 41.5 Å². The zero-order chi connectivity index (χ0) is 30.5. The summed E-state index contributed by atoms with van der Waals surface area (Å²) in [4.78, 5) is 17.7. The van der Waals surface area contributed by atoms with Crippen molar-refractivity contribution in [3.8, 4) is 28.0 Å². The van der Waals surface area contributed by atoms with Gasteiger partial charge in [-0.15, -0.1) is 0 Å². The van der Waals surface area contributed by atoms with Gasteiger partial charge in [-0.3, -0.25) is 4.98 Å². The number of anilines is 1. The Labute approximate surface area is 251 Å². The highest BCUT2D eigenvalue weighted by Gasteiger charge is 2.32. The van der Waals surface area contributed by atoms with E-state index in [9.17, 15) is 9.90 Å². The number of hydrogen-bond donors (Lipinski definition) is 3. The molecule has 0 spiro atoms. The SMILES string of the molecule is CNc1ccc(-c2ccc3c(-c4ccc5c6c(ccnc46)CCO5)c(C(OC(C)(C)C)C(=O)O)c(C)cc3c2)cc1C=N. The fourth-order valence-electron chi connectivity index (χ4n) is 6.15. The van der Waals surface area contributed by atoms with E-state index >= 15 is 0 Å². The Kier molecular flexibility index (Phi) is 7.14. The Hall–Kier alpha value is -4.75. The van der Waals surface area contributed by atoms with E-state index in [1.54, 1.807) is 0 Å². The molecule has 1 aromatic heterocycles. The fraction of sp³-hybridized carbons (Fsp3) is 0.250. The van der Waals surface area contributed by atoms with Crippen molar-refractivity contribution in [3.63, 3.8) is 0 Å². The van der Waals surface area contributed by atoms with Crippen molar-refractivity contribution in [1.29, 1.82) is 5.41 Å². The molecule has 7 nitrogen and oxygen atoms in total. The van der Waals surface area contributed by atoms with Gasteiger partial charge in [-0.25, -0.2) is 4.79 Å². The van der Waals surface area contributed by atoms with Gasteiger partial charge in [0, 0.05) is 53.6 Å². The predicted octanol–water partition coefficient (Wildman–Crippen LogP) is 7.95. The first kappa shape index (κ1) is 28.4. The summed E-state index contributed by atoms with van der Waals surface area (Å²) in [6.45, 7) is 8.17. The van der Waals surface area contributed by atoms with Crippen LogP contribution in [0.2, 0.25) is 0 Å². The highest BCUT2D eigenvalue weighted by atomic mass is 16.5. The molecule has 43 heavy (non-hydrogen) atoms. The average Bonchev–Trinajstić information content (AvgIpc) is 2.99. The van der Waals surface area contributed by atoms with Crippen LogP contribution in [0.25, 0.3) is 43.9 Å². The number of benzene rings is 4. The van der Waals surface area contributed by atoms with Crippen LogP contribution >= 0.6 is 0 Å². The molecule has 0 saturated carbocycles. The lowest BCUT2D eigenvalue weighted by atomic mass is 9.84. The van der Waals surface area contributed by atoms with Gasteiger partial charge in [-0.1, -0.05) is 24.3 Å². The molecule has 0 bridgehead atoms. The number of carbonyl (C=O) groups is 1. The average molecular weight is 574 g/mol. The van der Waals surface area contributed by atoms with Crippen molar-refractivity contribution < 1.29 is 19.4 Å². The Balaban J connectivity index is 1.66. The van der Waals surface area contributed by atoms with Crippen molar-refractivity contribution in [3.05, 3.63) is 89.1 Å². The number of nitrogens with zero attached hydrogens (tertiary/aromatic N) is 1. The minimum Gasteiger partial charge on any atom is -0.493 e. The molecule has 1 aliphatic heterocycles. The van der Waals surface area contributed by atoms with Crippen LogP contribution in [0.1, 0.15) is 49.1 Å². The second-order valence-electron chi connectivity index (χ2n) is 12.0. The molecular formula is C36H35N3O4. The summed E-state index contributed by atoms with van der Waals surface area (Å²) in [5.41, 5.74) is 8.01. The van der Waals surface area contributed by atoms with Crippen LogP contribution in [0.4, 0.5) is 5.69 Å². The number of hydrogen-bond acceptors (Lipinski definition) is 6. The first-order valence-electron chi connectivity index (χ1n) is 14.4. The minimum absolute atomic E-state index is 0.613. The lowest BCUT2D eigenvalue weighted by Crippen LogP contribution is -2.28. The molecule has 0 aliphatic carbocycles. The molecule has 2 heterocycles. The summed E-state index contributed by atoms with van der Waals surface area (Å²) in [6.07, 6.45) is 2.77. The van der Waals surface area contributed by atoms with Crippen LogP contribution < -0.4 is 10.1 Å². The first-order chi connectivity index (χ1) is 20.6. The Bertz CT molecular complexity index is 1910. The quantitative estimate of drug-likeness (QED) is 0.171. The zero-order valence-corrected chi connectivity index (χ0v) is 25.0. The van der Waals surface area contributed by atoms with E-state index in [1.807, 2.05) is 83.4 Å². The topological polar surface area (TPSA) is 105 Å². The summed E-state index contributed by atoms with van der Waals surface area (Å²) >= 11 is 0. The lowest BCUT2D eigenvalue weighted by molar-refractivity contribution is -0.160. The van der Waals surface area contributed by atoms with Crippen LogP contribution in [0.15, 0.2) is 66.9 Å². The first-order valence-corrected chi connectivity index (χ1v) is 14.4. The number of aryl methyl sites for hydroxylation is 1. The fourth-order valence-corrected chi connectivity index (χ4v) is 6.15. The van der Waals surface area contributed by atoms with Crippen molar-refractivity contribution in [2.45, 2.75) is 45.8 Å². The molecule has 0 radical (unpaired) electrons. The van der Waals surface area contributed by atoms with E-state index in [0.717, 1.165) is 72.9 Å². The van der Waals surface area contributed by atoms with E-state index in [0.29, 0.717) is 12.2 Å². The van der Waals surface area contributed by atoms with Crippen LogP contribution in [-0.2, 0) is 16.0 Å². The summed E-state index contributed by atoms with van der Waals surface area (Å²) in [5.74, 6) is -0.250. The number of fused-ring (bicyclic) bond motifs is 1. The van der Waals surface area contributed by atoms with Gasteiger partial charge >= 0.3 is 5.97 Å². The van der Waals surface area contributed by atoms with Crippen molar-refractivity contribution in [1.82, 2.24) is 4.98 Å². The van der Waals surface area contributed by atoms with Crippen molar-refractivity contribution in [2.75, 3.05) is 19.0 Å². The van der Waals surface area contributed by atoms with Gasteiger partial charge in [0.2, 0.25) is 0 Å². The molecule has 6 rings (SSSR count). The van der Waals surface area contributed by atoms with Crippen LogP contribution in [0.5, 0.6) is 5.75 Å². The number of rotatable bonds is 7. The zero-order valence-electron chi connectivity index (χ0n) is 25.0. The highest BCUT2D eigenvalue weighted by Crippen LogP contribution is 2.45. The number of carboxylic acid groups (broad SMARTS) is 1. The van der Waals surface area contributed by atoms with Gasteiger partial charge < -0.3 is 25.3 Å². The van der Waals surface area contributed by atoms with Gasteiger partial charge in [-0.2, -0.15) is 0 Å². The molecule has 1 atom stereocenters. The molecule has 4 aromatic carbocycles.